The Morgan fingerprint density at radius 1 is 0.529 bits per heavy atom. The van der Waals surface area contributed by atoms with Gasteiger partial charge in [-0.25, -0.2) is 16.8 Å². The molecule has 0 bridgehead atoms. The Morgan fingerprint density at radius 2 is 1.08 bits per heavy atom. The molecule has 2 fully saturated rings. The highest BCUT2D eigenvalue weighted by molar-refractivity contribution is 7.89. The fourth-order valence-electron chi connectivity index (χ4n) is 8.40. The van der Waals surface area contributed by atoms with Crippen molar-refractivity contribution in [2.45, 2.75) is 80.4 Å². The standard InChI is InChI=1S/C41H48N4O4S2/c46-50(47,44-24-19-34-6-2-3-7-37(34)30-44)41-16-10-33(11-17-41)28-43-23-18-39(29-43)35-12-13-38-31-45(25-20-36(38)26-35)51(48,49)40-14-8-32(9-15-40)27-42-21-4-1-5-22-42/h2-3,6-17,26,39H,1,4-5,18-25,27-31H2. The normalized spacial score (nSPS) is 21.0. The first kappa shape index (κ1) is 34.7. The molecule has 0 saturated carbocycles. The topological polar surface area (TPSA) is 81.2 Å². The van der Waals surface area contributed by atoms with Gasteiger partial charge in [-0.05, 0) is 121 Å². The Kier molecular flexibility index (Phi) is 9.91. The summed E-state index contributed by atoms with van der Waals surface area (Å²) in [6.45, 7) is 7.65. The van der Waals surface area contributed by atoms with Crippen LogP contribution in [0.15, 0.2) is 101 Å². The Balaban J connectivity index is 0.858. The van der Waals surface area contributed by atoms with Gasteiger partial charge in [0.15, 0.2) is 0 Å². The van der Waals surface area contributed by atoms with Gasteiger partial charge in [0.05, 0.1) is 9.79 Å². The number of hydrogen-bond donors (Lipinski definition) is 0. The van der Waals surface area contributed by atoms with Crippen LogP contribution < -0.4 is 0 Å². The van der Waals surface area contributed by atoms with Crippen molar-refractivity contribution in [1.29, 1.82) is 0 Å². The van der Waals surface area contributed by atoms with Crippen molar-refractivity contribution in [2.24, 2.45) is 0 Å². The lowest BCUT2D eigenvalue weighted by atomic mass is 9.92. The highest BCUT2D eigenvalue weighted by Crippen LogP contribution is 2.33. The van der Waals surface area contributed by atoms with Crippen molar-refractivity contribution in [3.05, 3.63) is 130 Å². The summed E-state index contributed by atoms with van der Waals surface area (Å²) in [5.41, 5.74) is 8.26. The number of nitrogens with zero attached hydrogens (tertiary/aromatic N) is 4. The Bertz CT molecular complexity index is 2080. The maximum Gasteiger partial charge on any atom is 0.243 e. The molecule has 8 rings (SSSR count). The lowest BCUT2D eigenvalue weighted by molar-refractivity contribution is 0.221. The first-order valence-corrected chi connectivity index (χ1v) is 21.4. The Morgan fingerprint density at radius 3 is 1.71 bits per heavy atom. The third-order valence-corrected chi connectivity index (χ3v) is 15.1. The van der Waals surface area contributed by atoms with Crippen molar-refractivity contribution in [3.8, 4) is 0 Å². The van der Waals surface area contributed by atoms with Crippen molar-refractivity contribution in [1.82, 2.24) is 18.4 Å². The largest absolute Gasteiger partial charge is 0.299 e. The summed E-state index contributed by atoms with van der Waals surface area (Å²) in [5.74, 6) is 0.419. The van der Waals surface area contributed by atoms with E-state index < -0.39 is 20.0 Å². The van der Waals surface area contributed by atoms with Gasteiger partial charge in [-0.15, -0.1) is 0 Å². The minimum absolute atomic E-state index is 0.353. The molecule has 51 heavy (non-hydrogen) atoms. The van der Waals surface area contributed by atoms with Crippen LogP contribution in [0.2, 0.25) is 0 Å². The van der Waals surface area contributed by atoms with Gasteiger partial charge in [-0.3, -0.25) is 9.80 Å². The first-order valence-electron chi connectivity index (χ1n) is 18.5. The van der Waals surface area contributed by atoms with Gasteiger partial charge >= 0.3 is 0 Å². The summed E-state index contributed by atoms with van der Waals surface area (Å²) in [6, 6.07) is 29.7. The second kappa shape index (κ2) is 14.6. The molecule has 8 nitrogen and oxygen atoms in total. The van der Waals surface area contributed by atoms with Gasteiger partial charge in [0, 0.05) is 45.8 Å². The number of likely N-dealkylation sites (tertiary alicyclic amines) is 2. The molecule has 268 valence electrons. The molecule has 0 spiro atoms. The summed E-state index contributed by atoms with van der Waals surface area (Å²) in [6.07, 6.45) is 6.30. The van der Waals surface area contributed by atoms with E-state index in [2.05, 4.69) is 34.1 Å². The molecule has 0 radical (unpaired) electrons. The number of benzene rings is 4. The minimum atomic E-state index is -3.57. The van der Waals surface area contributed by atoms with Crippen LogP contribution in [0.5, 0.6) is 0 Å². The molecule has 4 aromatic carbocycles. The minimum Gasteiger partial charge on any atom is -0.299 e. The van der Waals surface area contributed by atoms with Crippen molar-refractivity contribution < 1.29 is 16.8 Å². The predicted octanol–water partition coefficient (Wildman–Crippen LogP) is 6.16. The van der Waals surface area contributed by atoms with Gasteiger partial charge in [-0.2, -0.15) is 8.61 Å². The van der Waals surface area contributed by atoms with E-state index in [1.807, 2.05) is 42.5 Å². The van der Waals surface area contributed by atoms with Crippen LogP contribution in [-0.4, -0.2) is 74.5 Å². The molecule has 1 atom stereocenters. The van der Waals surface area contributed by atoms with Crippen LogP contribution in [0.25, 0.3) is 0 Å². The van der Waals surface area contributed by atoms with Gasteiger partial charge in [0.2, 0.25) is 20.0 Å². The van der Waals surface area contributed by atoms with Crippen molar-refractivity contribution in [3.63, 3.8) is 0 Å². The SMILES string of the molecule is O=S(=O)(c1ccc(CN2CCC(c3ccc4c(c3)CCN(S(=O)(=O)c3ccc(CN5CCCCC5)cc3)C4)C2)cc1)N1CCc2ccccc2C1. The van der Waals surface area contributed by atoms with Crippen LogP contribution >= 0.6 is 0 Å². The summed E-state index contributed by atoms with van der Waals surface area (Å²) in [5, 5.41) is 0. The van der Waals surface area contributed by atoms with E-state index in [0.717, 1.165) is 68.8 Å². The average molecular weight is 725 g/mol. The van der Waals surface area contributed by atoms with E-state index in [1.54, 1.807) is 32.9 Å². The maximum absolute atomic E-state index is 13.6. The van der Waals surface area contributed by atoms with Crippen LogP contribution in [0.1, 0.15) is 70.5 Å². The van der Waals surface area contributed by atoms with Crippen molar-refractivity contribution >= 4 is 20.0 Å². The molecular weight excluding hydrogens is 677 g/mol. The van der Waals surface area contributed by atoms with E-state index in [0.29, 0.717) is 48.3 Å². The Labute approximate surface area is 303 Å². The first-order chi connectivity index (χ1) is 24.7. The molecule has 0 aliphatic carbocycles. The molecule has 4 aromatic rings. The molecule has 0 amide bonds. The summed E-state index contributed by atoms with van der Waals surface area (Å²) < 4.78 is 57.3. The van der Waals surface area contributed by atoms with Crippen LogP contribution in [0, 0.1) is 0 Å². The Hall–Kier alpha value is -3.38. The fourth-order valence-corrected chi connectivity index (χ4v) is 11.2. The zero-order valence-electron chi connectivity index (χ0n) is 29.3. The van der Waals surface area contributed by atoms with Gasteiger partial charge < -0.3 is 0 Å². The smallest absolute Gasteiger partial charge is 0.243 e. The van der Waals surface area contributed by atoms with Crippen molar-refractivity contribution in [2.75, 3.05) is 39.3 Å². The van der Waals surface area contributed by atoms with Gasteiger partial charge in [0.25, 0.3) is 0 Å². The number of fused-ring (bicyclic) bond motifs is 2. The van der Waals surface area contributed by atoms with Crippen LogP contribution in [0.4, 0.5) is 0 Å². The molecule has 2 saturated heterocycles. The van der Waals surface area contributed by atoms with Gasteiger partial charge in [0.1, 0.15) is 0 Å². The molecule has 4 heterocycles. The molecule has 4 aliphatic rings. The van der Waals surface area contributed by atoms with E-state index in [4.69, 9.17) is 0 Å². The third kappa shape index (κ3) is 7.45. The third-order valence-electron chi connectivity index (χ3n) is 11.4. The average Bonchev–Trinajstić information content (AvgIpc) is 3.63. The zero-order chi connectivity index (χ0) is 35.0. The molecule has 0 aromatic heterocycles. The van der Waals surface area contributed by atoms with E-state index >= 15 is 0 Å². The van der Waals surface area contributed by atoms with Crippen LogP contribution in [0.3, 0.4) is 0 Å². The van der Waals surface area contributed by atoms with E-state index in [9.17, 15) is 16.8 Å². The van der Waals surface area contributed by atoms with E-state index in [-0.39, 0.29) is 0 Å². The molecule has 4 aliphatic heterocycles. The van der Waals surface area contributed by atoms with Gasteiger partial charge in [-0.1, -0.05) is 73.2 Å². The number of sulfonamides is 2. The summed E-state index contributed by atoms with van der Waals surface area (Å²) in [7, 11) is -7.12. The molecule has 1 unspecified atom stereocenters. The second-order valence-corrected chi connectivity index (χ2v) is 18.7. The van der Waals surface area contributed by atoms with Crippen LogP contribution in [-0.2, 0) is 59.1 Å². The van der Waals surface area contributed by atoms with E-state index in [1.165, 1.54) is 41.5 Å². The number of rotatable bonds is 9. The summed E-state index contributed by atoms with van der Waals surface area (Å²) in [4.78, 5) is 5.63. The summed E-state index contributed by atoms with van der Waals surface area (Å²) >= 11 is 0. The number of hydrogen-bond acceptors (Lipinski definition) is 6. The predicted molar refractivity (Wildman–Crippen MR) is 200 cm³/mol. The quantitative estimate of drug-likeness (QED) is 0.206. The lowest BCUT2D eigenvalue weighted by Gasteiger charge is -2.29. The lowest BCUT2D eigenvalue weighted by Crippen LogP contribution is -2.36. The number of piperidine rings is 1. The maximum atomic E-state index is 13.6. The highest BCUT2D eigenvalue weighted by Gasteiger charge is 2.31. The molecule has 10 heteroatoms. The second-order valence-electron chi connectivity index (χ2n) is 14.8. The molecular formula is C41H48N4O4S2. The highest BCUT2D eigenvalue weighted by atomic mass is 32.2. The zero-order valence-corrected chi connectivity index (χ0v) is 30.9. The monoisotopic (exact) mass is 724 g/mol. The fraction of sp³-hybridized carbons (Fsp3) is 0.415. The molecule has 0 N–H and O–H groups in total.